The average molecular weight is 301 g/mol. The molecule has 0 aliphatic heterocycles. The maximum absolute atomic E-state index is 8.88. The lowest BCUT2D eigenvalue weighted by Gasteiger charge is -2.08. The van der Waals surface area contributed by atoms with Gasteiger partial charge in [0.15, 0.2) is 0 Å². The van der Waals surface area contributed by atoms with Gasteiger partial charge >= 0.3 is 0 Å². The van der Waals surface area contributed by atoms with E-state index in [2.05, 4.69) is 6.07 Å². The van der Waals surface area contributed by atoms with Crippen LogP contribution < -0.4 is 4.74 Å². The van der Waals surface area contributed by atoms with Gasteiger partial charge < -0.3 is 19.3 Å². The molecule has 0 unspecified atom stereocenters. The van der Waals surface area contributed by atoms with E-state index in [1.807, 2.05) is 30.3 Å². The van der Waals surface area contributed by atoms with Crippen LogP contribution in [-0.4, -0.2) is 44.7 Å². The SMILES string of the molecule is N#Cc1ccc2cc(OCCOCCOCCO)ccc2c1. The smallest absolute Gasteiger partial charge is 0.120 e. The molecule has 2 rings (SSSR count). The Morgan fingerprint density at radius 2 is 1.55 bits per heavy atom. The highest BCUT2D eigenvalue weighted by atomic mass is 16.5. The number of aliphatic hydroxyl groups is 1. The molecule has 22 heavy (non-hydrogen) atoms. The highest BCUT2D eigenvalue weighted by Crippen LogP contribution is 2.21. The molecule has 116 valence electrons. The number of rotatable bonds is 9. The molecule has 2 aromatic carbocycles. The number of hydrogen-bond donors (Lipinski definition) is 1. The molecule has 5 nitrogen and oxygen atoms in total. The zero-order chi connectivity index (χ0) is 15.6. The van der Waals surface area contributed by atoms with Crippen molar-refractivity contribution in [2.75, 3.05) is 39.6 Å². The Morgan fingerprint density at radius 3 is 2.32 bits per heavy atom. The van der Waals surface area contributed by atoms with Crippen molar-refractivity contribution in [2.45, 2.75) is 0 Å². The second-order valence-corrected chi connectivity index (χ2v) is 4.63. The van der Waals surface area contributed by atoms with Crippen molar-refractivity contribution in [3.8, 4) is 11.8 Å². The summed E-state index contributed by atoms with van der Waals surface area (Å²) >= 11 is 0. The van der Waals surface area contributed by atoms with Gasteiger partial charge in [0.1, 0.15) is 12.4 Å². The van der Waals surface area contributed by atoms with Crippen LogP contribution >= 0.6 is 0 Å². The van der Waals surface area contributed by atoms with Crippen LogP contribution in [0.5, 0.6) is 5.75 Å². The first kappa shape index (κ1) is 16.2. The zero-order valence-corrected chi connectivity index (χ0v) is 12.3. The number of hydrogen-bond acceptors (Lipinski definition) is 5. The highest BCUT2D eigenvalue weighted by molar-refractivity contribution is 5.85. The fourth-order valence-corrected chi connectivity index (χ4v) is 1.99. The molecule has 1 N–H and O–H groups in total. The summed E-state index contributed by atoms with van der Waals surface area (Å²) in [6.45, 7) is 2.26. The molecule has 5 heteroatoms. The molecule has 0 aliphatic rings. The predicted octanol–water partition coefficient (Wildman–Crippen LogP) is 2.12. The largest absolute Gasteiger partial charge is 0.491 e. The van der Waals surface area contributed by atoms with Crippen LogP contribution in [0.25, 0.3) is 10.8 Å². The van der Waals surface area contributed by atoms with Crippen molar-refractivity contribution in [1.29, 1.82) is 5.26 Å². The van der Waals surface area contributed by atoms with Crippen LogP contribution in [0.3, 0.4) is 0 Å². The highest BCUT2D eigenvalue weighted by Gasteiger charge is 1.99. The number of fused-ring (bicyclic) bond motifs is 1. The third kappa shape index (κ3) is 5.01. The van der Waals surface area contributed by atoms with Crippen molar-refractivity contribution < 1.29 is 19.3 Å². The average Bonchev–Trinajstić information content (AvgIpc) is 2.56. The van der Waals surface area contributed by atoms with Crippen molar-refractivity contribution >= 4 is 10.8 Å². The van der Waals surface area contributed by atoms with Crippen LogP contribution in [0.15, 0.2) is 36.4 Å². The molecule has 0 saturated carbocycles. The van der Waals surface area contributed by atoms with Crippen molar-refractivity contribution in [2.24, 2.45) is 0 Å². The fraction of sp³-hybridized carbons (Fsp3) is 0.353. The lowest BCUT2D eigenvalue weighted by molar-refractivity contribution is 0.0247. The first-order valence-corrected chi connectivity index (χ1v) is 7.16. The molecule has 0 spiro atoms. The van der Waals surface area contributed by atoms with Crippen LogP contribution in [0.2, 0.25) is 0 Å². The Hall–Kier alpha value is -2.13. The molecule has 2 aromatic rings. The molecule has 0 aromatic heterocycles. The Kier molecular flexibility index (Phi) is 6.65. The summed E-state index contributed by atoms with van der Waals surface area (Å²) in [5, 5.41) is 19.5. The Morgan fingerprint density at radius 1 is 0.864 bits per heavy atom. The number of ether oxygens (including phenoxy) is 3. The zero-order valence-electron chi connectivity index (χ0n) is 12.3. The standard InChI is InChI=1S/C17H19NO4/c18-13-14-1-2-16-12-17(4-3-15(16)11-14)22-10-9-21-8-7-20-6-5-19/h1-4,11-12,19H,5-10H2. The lowest BCUT2D eigenvalue weighted by atomic mass is 10.1. The van der Waals surface area contributed by atoms with Gasteiger partial charge in [-0.05, 0) is 35.0 Å². The first-order valence-electron chi connectivity index (χ1n) is 7.16. The molecule has 0 heterocycles. The third-order valence-electron chi connectivity index (χ3n) is 3.04. The minimum absolute atomic E-state index is 0.0287. The number of benzene rings is 2. The molecule has 0 saturated heterocycles. The summed E-state index contributed by atoms with van der Waals surface area (Å²) in [7, 11) is 0. The van der Waals surface area contributed by atoms with Crippen LogP contribution in [-0.2, 0) is 9.47 Å². The molecule has 0 fully saturated rings. The maximum Gasteiger partial charge on any atom is 0.120 e. The fourth-order valence-electron chi connectivity index (χ4n) is 1.99. The second kappa shape index (κ2) is 9.00. The Labute approximate surface area is 129 Å². The second-order valence-electron chi connectivity index (χ2n) is 4.63. The monoisotopic (exact) mass is 301 g/mol. The normalized spacial score (nSPS) is 10.5. The van der Waals surface area contributed by atoms with E-state index < -0.39 is 0 Å². The number of nitriles is 1. The molecular formula is C17H19NO4. The summed E-state index contributed by atoms with van der Waals surface area (Å²) in [4.78, 5) is 0. The van der Waals surface area contributed by atoms with E-state index in [9.17, 15) is 0 Å². The van der Waals surface area contributed by atoms with E-state index >= 15 is 0 Å². The molecule has 0 radical (unpaired) electrons. The van der Waals surface area contributed by atoms with Gasteiger partial charge in [-0.3, -0.25) is 0 Å². The van der Waals surface area contributed by atoms with Gasteiger partial charge in [-0.25, -0.2) is 0 Å². The van der Waals surface area contributed by atoms with E-state index in [-0.39, 0.29) is 6.61 Å². The van der Waals surface area contributed by atoms with Gasteiger partial charge in [0.2, 0.25) is 0 Å². The van der Waals surface area contributed by atoms with Gasteiger partial charge in [0.05, 0.1) is 44.7 Å². The summed E-state index contributed by atoms with van der Waals surface area (Å²) in [5.41, 5.74) is 0.651. The quantitative estimate of drug-likeness (QED) is 0.718. The molecule has 0 bridgehead atoms. The lowest BCUT2D eigenvalue weighted by Crippen LogP contribution is -2.11. The third-order valence-corrected chi connectivity index (χ3v) is 3.04. The van der Waals surface area contributed by atoms with Crippen LogP contribution in [0, 0.1) is 11.3 Å². The van der Waals surface area contributed by atoms with E-state index in [4.69, 9.17) is 24.6 Å². The summed E-state index contributed by atoms with van der Waals surface area (Å²) in [5.74, 6) is 0.775. The summed E-state index contributed by atoms with van der Waals surface area (Å²) in [6, 6.07) is 13.5. The minimum Gasteiger partial charge on any atom is -0.491 e. The predicted molar refractivity (Wildman–Crippen MR) is 82.9 cm³/mol. The number of aliphatic hydroxyl groups excluding tert-OH is 1. The van der Waals surface area contributed by atoms with Crippen LogP contribution in [0.4, 0.5) is 0 Å². The van der Waals surface area contributed by atoms with Gasteiger partial charge in [0, 0.05) is 0 Å². The van der Waals surface area contributed by atoms with Crippen molar-refractivity contribution in [3.63, 3.8) is 0 Å². The van der Waals surface area contributed by atoms with Gasteiger partial charge in [-0.1, -0.05) is 12.1 Å². The van der Waals surface area contributed by atoms with Gasteiger partial charge in [-0.15, -0.1) is 0 Å². The van der Waals surface area contributed by atoms with Crippen LogP contribution in [0.1, 0.15) is 5.56 Å². The molecule has 0 atom stereocenters. The topological polar surface area (TPSA) is 71.7 Å². The Bertz CT molecular complexity index is 636. The Balaban J connectivity index is 1.74. The molecule has 0 aliphatic carbocycles. The summed E-state index contributed by atoms with van der Waals surface area (Å²) in [6.07, 6.45) is 0. The van der Waals surface area contributed by atoms with E-state index in [0.29, 0.717) is 38.6 Å². The number of nitrogens with zero attached hydrogens (tertiary/aromatic N) is 1. The van der Waals surface area contributed by atoms with Crippen molar-refractivity contribution in [1.82, 2.24) is 0 Å². The van der Waals surface area contributed by atoms with Crippen molar-refractivity contribution in [3.05, 3.63) is 42.0 Å². The van der Waals surface area contributed by atoms with E-state index in [1.165, 1.54) is 0 Å². The first-order chi connectivity index (χ1) is 10.8. The van der Waals surface area contributed by atoms with E-state index in [1.54, 1.807) is 6.07 Å². The molecule has 0 amide bonds. The molecular weight excluding hydrogens is 282 g/mol. The van der Waals surface area contributed by atoms with E-state index in [0.717, 1.165) is 16.5 Å². The minimum atomic E-state index is 0.0287. The van der Waals surface area contributed by atoms with Gasteiger partial charge in [0.25, 0.3) is 0 Å². The maximum atomic E-state index is 8.88. The van der Waals surface area contributed by atoms with Gasteiger partial charge in [-0.2, -0.15) is 5.26 Å². The summed E-state index contributed by atoms with van der Waals surface area (Å²) < 4.78 is 16.1.